The predicted molar refractivity (Wildman–Crippen MR) is 4.12 cm³/mol. The van der Waals surface area contributed by atoms with Gasteiger partial charge in [-0.05, 0) is 0 Å². The average Bonchev–Trinajstić information content (AvgIpc) is 1.54. The van der Waals surface area contributed by atoms with E-state index in [4.69, 9.17) is 34.1 Å². The first-order valence-electron chi connectivity index (χ1n) is 1.64. The van der Waals surface area contributed by atoms with Crippen LogP contribution in [0.5, 0.6) is 0 Å². The Bertz CT molecular complexity index is 213. The maximum absolute atomic E-state index is 8.56. The first-order chi connectivity index (χ1) is 5.20. The van der Waals surface area contributed by atoms with Gasteiger partial charge in [-0.3, -0.25) is 0 Å². The van der Waals surface area contributed by atoms with Gasteiger partial charge in [0.2, 0.25) is 0 Å². The molecule has 0 aliphatic heterocycles. The van der Waals surface area contributed by atoms with Crippen LogP contribution in [-0.4, -0.2) is 0 Å². The molecule has 0 aromatic carbocycles. The van der Waals surface area contributed by atoms with Crippen molar-refractivity contribution >= 4 is 0 Å². The SMILES string of the molecule is [Co+2].[Li+].[O]=[V](=[O])[O-].[O]=[V](=[O])[O-].[O]=[V](=[O])[O-]. The third-order valence-corrected chi connectivity index (χ3v) is 0. The van der Waals surface area contributed by atoms with Crippen molar-refractivity contribution in [1.82, 2.24) is 0 Å². The molecular formula is CoLiO9V3. The van der Waals surface area contributed by atoms with Gasteiger partial charge in [0.15, 0.2) is 0 Å². The second-order valence-corrected chi connectivity index (χ2v) is 2.77. The van der Waals surface area contributed by atoms with E-state index in [0.717, 1.165) is 0 Å². The number of rotatable bonds is 0. The van der Waals surface area contributed by atoms with Gasteiger partial charge in [-0.2, -0.15) is 0 Å². The van der Waals surface area contributed by atoms with Crippen LogP contribution in [0.25, 0.3) is 0 Å². The second-order valence-electron chi connectivity index (χ2n) is 0.671. The van der Waals surface area contributed by atoms with Crippen LogP contribution in [0.4, 0.5) is 0 Å². The van der Waals surface area contributed by atoms with Crippen molar-refractivity contribution in [3.8, 4) is 0 Å². The van der Waals surface area contributed by atoms with Crippen LogP contribution >= 0.6 is 0 Å². The van der Waals surface area contributed by atoms with E-state index < -0.39 is 46.2 Å². The van der Waals surface area contributed by atoms with E-state index in [2.05, 4.69) is 0 Å². The van der Waals surface area contributed by atoms with Gasteiger partial charge in [0.25, 0.3) is 0 Å². The number of hydrogen-bond acceptors (Lipinski definition) is 9. The monoisotopic (exact) mass is 363 g/mol. The van der Waals surface area contributed by atoms with Crippen molar-refractivity contribution in [1.29, 1.82) is 0 Å². The Morgan fingerprint density at radius 3 is 0.571 bits per heavy atom. The fourth-order valence-electron chi connectivity index (χ4n) is 0. The first-order valence-corrected chi connectivity index (χ1v) is 6.77. The van der Waals surface area contributed by atoms with Gasteiger partial charge in [0.05, 0.1) is 0 Å². The molecule has 1 radical (unpaired) electrons. The molecule has 0 rings (SSSR count). The molecule has 0 heterocycles. The molecule has 0 atom stereocenters. The van der Waals surface area contributed by atoms with Crippen LogP contribution in [0.1, 0.15) is 0 Å². The molecule has 0 bridgehead atoms. The van der Waals surface area contributed by atoms with Crippen LogP contribution in [0.2, 0.25) is 0 Å². The Hall–Kier alpha value is 1.54. The Morgan fingerprint density at radius 2 is 0.571 bits per heavy atom. The van der Waals surface area contributed by atoms with E-state index in [1.807, 2.05) is 0 Å². The third-order valence-electron chi connectivity index (χ3n) is 0. The molecule has 9 nitrogen and oxygen atoms in total. The Labute approximate surface area is 115 Å². The molecule has 0 spiro atoms. The molecule has 0 aliphatic rings. The third kappa shape index (κ3) is 901. The van der Waals surface area contributed by atoms with Crippen LogP contribution in [0, 0.1) is 0 Å². The molecule has 14 heavy (non-hydrogen) atoms. The van der Waals surface area contributed by atoms with E-state index in [0.29, 0.717) is 0 Å². The maximum atomic E-state index is 8.56. The fraction of sp³-hybridized carbons (Fsp3) is 0. The standard InChI is InChI=1S/Co.Li.9O.3V/q+2;+1;;;;;;;3*-1;;;. The quantitative estimate of drug-likeness (QED) is 0.379. The van der Waals surface area contributed by atoms with Gasteiger partial charge in [-0.15, -0.1) is 0 Å². The van der Waals surface area contributed by atoms with Crippen molar-refractivity contribution in [3.05, 3.63) is 0 Å². The van der Waals surface area contributed by atoms with E-state index in [-0.39, 0.29) is 35.6 Å². The van der Waals surface area contributed by atoms with Crippen molar-refractivity contribution < 1.29 is 116 Å². The van der Waals surface area contributed by atoms with E-state index in [1.165, 1.54) is 0 Å². The van der Waals surface area contributed by atoms with E-state index in [1.54, 1.807) is 0 Å². The van der Waals surface area contributed by atoms with Gasteiger partial charge in [-0.25, -0.2) is 0 Å². The molecule has 79 valence electrons. The van der Waals surface area contributed by atoms with Crippen LogP contribution in [0.15, 0.2) is 0 Å². The molecule has 0 aromatic rings. The number of hydrogen-bond donors (Lipinski definition) is 0. The molecular weight excluding hydrogens is 363 g/mol. The summed E-state index contributed by atoms with van der Waals surface area (Å²) in [4.78, 5) is 0. The minimum absolute atomic E-state index is 0. The summed E-state index contributed by atoms with van der Waals surface area (Å²) in [5.41, 5.74) is 0. The zero-order valence-corrected chi connectivity index (χ0v) is 11.6. The molecule has 14 heteroatoms. The second kappa shape index (κ2) is 24.0. The van der Waals surface area contributed by atoms with Gasteiger partial charge < -0.3 is 0 Å². The summed E-state index contributed by atoms with van der Waals surface area (Å²) in [6.45, 7) is 0. The van der Waals surface area contributed by atoms with Gasteiger partial charge in [0, 0.05) is 0 Å². The fourth-order valence-corrected chi connectivity index (χ4v) is 0. The zero-order valence-electron chi connectivity index (χ0n) is 6.35. The van der Waals surface area contributed by atoms with Crippen molar-refractivity contribution in [3.63, 3.8) is 0 Å². The molecule has 0 amide bonds. The molecule has 0 fully saturated rings. The summed E-state index contributed by atoms with van der Waals surface area (Å²) in [5.74, 6) is 0. The summed E-state index contributed by atoms with van der Waals surface area (Å²) >= 11 is -11.8. The molecule has 0 aliphatic carbocycles. The van der Waals surface area contributed by atoms with Crippen LogP contribution < -0.4 is 31.0 Å². The van der Waals surface area contributed by atoms with Gasteiger partial charge in [0.1, 0.15) is 0 Å². The summed E-state index contributed by atoms with van der Waals surface area (Å²) in [6, 6.07) is 0. The predicted octanol–water partition coefficient (Wildman–Crippen LogP) is -7.29. The van der Waals surface area contributed by atoms with Crippen molar-refractivity contribution in [2.45, 2.75) is 0 Å². The van der Waals surface area contributed by atoms with E-state index >= 15 is 0 Å². The molecule has 0 aromatic heterocycles. The normalized spacial score (nSPS) is 5.36. The topological polar surface area (TPSA) is 172 Å². The Balaban J connectivity index is -0.0000000270. The van der Waals surface area contributed by atoms with Crippen LogP contribution in [-0.2, 0) is 85.0 Å². The summed E-state index contributed by atoms with van der Waals surface area (Å²) in [5, 5.41) is 0. The molecule has 0 unspecified atom stereocenters. The molecule has 0 saturated carbocycles. The molecule has 0 saturated heterocycles. The summed E-state index contributed by atoms with van der Waals surface area (Å²) in [7, 11) is 0. The summed E-state index contributed by atoms with van der Waals surface area (Å²) in [6.07, 6.45) is 0. The van der Waals surface area contributed by atoms with Crippen molar-refractivity contribution in [2.75, 3.05) is 0 Å². The Kier molecular flexibility index (Phi) is 50.7. The summed E-state index contributed by atoms with van der Waals surface area (Å²) < 4.78 is 77.1. The molecule has 0 N–H and O–H groups in total. The average molecular weight is 363 g/mol. The zero-order chi connectivity index (χ0) is 10.7. The minimum atomic E-state index is -3.94. The Morgan fingerprint density at radius 1 is 0.571 bits per heavy atom. The van der Waals surface area contributed by atoms with Crippen molar-refractivity contribution in [2.24, 2.45) is 0 Å². The first kappa shape index (κ1) is 29.6. The van der Waals surface area contributed by atoms with Crippen LogP contribution in [0.3, 0.4) is 0 Å². The van der Waals surface area contributed by atoms with Gasteiger partial charge >= 0.3 is 116 Å². The van der Waals surface area contributed by atoms with Gasteiger partial charge in [-0.1, -0.05) is 0 Å². The van der Waals surface area contributed by atoms with E-state index in [9.17, 15) is 0 Å².